The summed E-state index contributed by atoms with van der Waals surface area (Å²) >= 11 is 1.62. The van der Waals surface area contributed by atoms with Gasteiger partial charge in [-0.15, -0.1) is 0 Å². The standard InChI is InChI=1S/C13H13F3INO/c1-12(5-2-6-12)18-11(19)8-3-4-10(17)9(7-8)13(14,15)16/h3-4,7H,2,5-6H2,1H3,(H,18,19). The van der Waals surface area contributed by atoms with Crippen molar-refractivity contribution >= 4 is 28.5 Å². The molecule has 104 valence electrons. The molecule has 1 aromatic rings. The first kappa shape index (κ1) is 14.6. The molecule has 0 unspecified atom stereocenters. The van der Waals surface area contributed by atoms with Crippen molar-refractivity contribution in [1.29, 1.82) is 0 Å². The highest BCUT2D eigenvalue weighted by Gasteiger charge is 2.35. The lowest BCUT2D eigenvalue weighted by Crippen LogP contribution is -2.50. The van der Waals surface area contributed by atoms with Crippen LogP contribution in [-0.2, 0) is 6.18 Å². The van der Waals surface area contributed by atoms with Crippen molar-refractivity contribution in [3.63, 3.8) is 0 Å². The molecular formula is C13H13F3INO. The quantitative estimate of drug-likeness (QED) is 0.770. The van der Waals surface area contributed by atoms with Crippen molar-refractivity contribution in [2.24, 2.45) is 0 Å². The lowest BCUT2D eigenvalue weighted by Gasteiger charge is -2.39. The van der Waals surface area contributed by atoms with Gasteiger partial charge in [0.15, 0.2) is 0 Å². The molecule has 1 aliphatic rings. The number of rotatable bonds is 2. The van der Waals surface area contributed by atoms with E-state index in [9.17, 15) is 18.0 Å². The van der Waals surface area contributed by atoms with Gasteiger partial charge < -0.3 is 5.32 Å². The molecule has 1 aliphatic carbocycles. The fraction of sp³-hybridized carbons (Fsp3) is 0.462. The summed E-state index contributed by atoms with van der Waals surface area (Å²) in [6.45, 7) is 1.91. The fourth-order valence-corrected chi connectivity index (χ4v) is 2.70. The summed E-state index contributed by atoms with van der Waals surface area (Å²) in [5.74, 6) is -0.441. The first-order chi connectivity index (χ1) is 8.71. The molecule has 1 saturated carbocycles. The molecule has 0 saturated heterocycles. The van der Waals surface area contributed by atoms with E-state index in [1.807, 2.05) is 6.92 Å². The van der Waals surface area contributed by atoms with Crippen molar-refractivity contribution in [2.75, 3.05) is 0 Å². The Morgan fingerprint density at radius 1 is 1.37 bits per heavy atom. The highest BCUT2D eigenvalue weighted by molar-refractivity contribution is 14.1. The summed E-state index contributed by atoms with van der Waals surface area (Å²) in [5, 5.41) is 2.80. The van der Waals surface area contributed by atoms with Crippen LogP contribution in [-0.4, -0.2) is 11.4 Å². The van der Waals surface area contributed by atoms with Gasteiger partial charge in [0.05, 0.1) is 5.56 Å². The molecule has 0 heterocycles. The first-order valence-electron chi connectivity index (χ1n) is 5.91. The second-order valence-electron chi connectivity index (χ2n) is 5.06. The third-order valence-corrected chi connectivity index (χ3v) is 4.35. The first-order valence-corrected chi connectivity index (χ1v) is 6.98. The van der Waals surface area contributed by atoms with E-state index >= 15 is 0 Å². The van der Waals surface area contributed by atoms with Crippen LogP contribution < -0.4 is 5.32 Å². The summed E-state index contributed by atoms with van der Waals surface area (Å²) in [7, 11) is 0. The average molecular weight is 383 g/mol. The zero-order chi connectivity index (χ0) is 14.3. The number of benzene rings is 1. The van der Waals surface area contributed by atoms with E-state index in [2.05, 4.69) is 5.32 Å². The molecule has 19 heavy (non-hydrogen) atoms. The molecule has 0 aromatic heterocycles. The fourth-order valence-electron chi connectivity index (χ4n) is 2.06. The van der Waals surface area contributed by atoms with Crippen LogP contribution in [0.15, 0.2) is 18.2 Å². The second-order valence-corrected chi connectivity index (χ2v) is 6.22. The molecule has 2 nitrogen and oxygen atoms in total. The van der Waals surface area contributed by atoms with Crippen LogP contribution in [0.3, 0.4) is 0 Å². The number of carbonyl (C=O) groups is 1. The van der Waals surface area contributed by atoms with Crippen LogP contribution in [0.2, 0.25) is 0 Å². The minimum absolute atomic E-state index is 0.0564. The van der Waals surface area contributed by atoms with Gasteiger partial charge >= 0.3 is 6.18 Å². The van der Waals surface area contributed by atoms with Gasteiger partial charge in [0.25, 0.3) is 5.91 Å². The summed E-state index contributed by atoms with van der Waals surface area (Å²) in [6, 6.07) is 3.66. The van der Waals surface area contributed by atoms with Gasteiger partial charge in [-0.1, -0.05) is 0 Å². The molecule has 0 spiro atoms. The molecule has 1 aromatic carbocycles. The molecule has 0 bridgehead atoms. The van der Waals surface area contributed by atoms with E-state index in [0.29, 0.717) is 0 Å². The summed E-state index contributed by atoms with van der Waals surface area (Å²) < 4.78 is 38.4. The van der Waals surface area contributed by atoms with Crippen LogP contribution in [0.1, 0.15) is 42.1 Å². The Kier molecular flexibility index (Phi) is 3.81. The van der Waals surface area contributed by atoms with E-state index in [-0.39, 0.29) is 14.7 Å². The van der Waals surface area contributed by atoms with Crippen molar-refractivity contribution in [3.8, 4) is 0 Å². The monoisotopic (exact) mass is 383 g/mol. The molecule has 1 N–H and O–H groups in total. The minimum Gasteiger partial charge on any atom is -0.347 e. The highest BCUT2D eigenvalue weighted by Crippen LogP contribution is 2.34. The molecule has 1 amide bonds. The number of carbonyl (C=O) groups excluding carboxylic acids is 1. The van der Waals surface area contributed by atoms with Gasteiger partial charge in [-0.25, -0.2) is 0 Å². The van der Waals surface area contributed by atoms with Gasteiger partial charge in [-0.3, -0.25) is 4.79 Å². The third-order valence-electron chi connectivity index (χ3n) is 3.41. The largest absolute Gasteiger partial charge is 0.417 e. The third kappa shape index (κ3) is 3.21. The van der Waals surface area contributed by atoms with E-state index in [1.165, 1.54) is 12.1 Å². The Hall–Kier alpha value is -0.790. The number of amides is 1. The maximum Gasteiger partial charge on any atom is 0.417 e. The van der Waals surface area contributed by atoms with Gasteiger partial charge in [0.1, 0.15) is 0 Å². The normalized spacial score (nSPS) is 17.7. The number of alkyl halides is 3. The van der Waals surface area contributed by atoms with Gasteiger partial charge in [-0.2, -0.15) is 13.2 Å². The Balaban J connectivity index is 2.23. The Bertz CT molecular complexity index is 509. The van der Waals surface area contributed by atoms with E-state index in [1.54, 1.807) is 22.6 Å². The molecule has 0 radical (unpaired) electrons. The van der Waals surface area contributed by atoms with E-state index in [4.69, 9.17) is 0 Å². The molecular weight excluding hydrogens is 370 g/mol. The topological polar surface area (TPSA) is 29.1 Å². The summed E-state index contributed by atoms with van der Waals surface area (Å²) in [6.07, 6.45) is -1.66. The van der Waals surface area contributed by atoms with E-state index in [0.717, 1.165) is 25.3 Å². The predicted molar refractivity (Wildman–Crippen MR) is 73.9 cm³/mol. The van der Waals surface area contributed by atoms with Gasteiger partial charge in [0.2, 0.25) is 0 Å². The van der Waals surface area contributed by atoms with Crippen LogP contribution in [0.5, 0.6) is 0 Å². The second kappa shape index (κ2) is 4.96. The zero-order valence-corrected chi connectivity index (χ0v) is 12.4. The zero-order valence-electron chi connectivity index (χ0n) is 10.3. The highest BCUT2D eigenvalue weighted by atomic mass is 127. The van der Waals surface area contributed by atoms with Crippen molar-refractivity contribution in [2.45, 2.75) is 37.9 Å². The lowest BCUT2D eigenvalue weighted by atomic mass is 9.78. The number of nitrogens with one attached hydrogen (secondary N) is 1. The van der Waals surface area contributed by atoms with Crippen molar-refractivity contribution < 1.29 is 18.0 Å². The smallest absolute Gasteiger partial charge is 0.347 e. The maximum atomic E-state index is 12.8. The Labute approximate surface area is 122 Å². The number of halogens is 4. The molecule has 2 rings (SSSR count). The maximum absolute atomic E-state index is 12.8. The SMILES string of the molecule is CC1(NC(=O)c2ccc(I)c(C(F)(F)F)c2)CCC1. The Morgan fingerprint density at radius 2 is 2.00 bits per heavy atom. The van der Waals surface area contributed by atoms with Gasteiger partial charge in [-0.05, 0) is 67.0 Å². The summed E-state index contributed by atoms with van der Waals surface area (Å²) in [4.78, 5) is 12.0. The number of hydrogen-bond donors (Lipinski definition) is 1. The van der Waals surface area contributed by atoms with Gasteiger partial charge in [0, 0.05) is 14.7 Å². The predicted octanol–water partition coefficient (Wildman–Crippen LogP) is 3.98. The van der Waals surface area contributed by atoms with Crippen LogP contribution in [0.25, 0.3) is 0 Å². The Morgan fingerprint density at radius 3 is 2.47 bits per heavy atom. The molecule has 1 fully saturated rings. The van der Waals surface area contributed by atoms with Crippen LogP contribution >= 0.6 is 22.6 Å². The minimum atomic E-state index is -4.44. The molecule has 0 atom stereocenters. The van der Waals surface area contributed by atoms with Crippen molar-refractivity contribution in [1.82, 2.24) is 5.32 Å². The molecule has 0 aliphatic heterocycles. The van der Waals surface area contributed by atoms with Crippen LogP contribution in [0.4, 0.5) is 13.2 Å². The number of hydrogen-bond acceptors (Lipinski definition) is 1. The van der Waals surface area contributed by atoms with Crippen molar-refractivity contribution in [3.05, 3.63) is 32.9 Å². The molecule has 6 heteroatoms. The average Bonchev–Trinajstić information content (AvgIpc) is 2.25. The lowest BCUT2D eigenvalue weighted by molar-refractivity contribution is -0.138. The van der Waals surface area contributed by atoms with E-state index < -0.39 is 17.6 Å². The van der Waals surface area contributed by atoms with Crippen LogP contribution in [0, 0.1) is 3.57 Å². The summed E-state index contributed by atoms with van der Waals surface area (Å²) in [5.41, 5.74) is -0.973.